The fourth-order valence-corrected chi connectivity index (χ4v) is 2.73. The van der Waals surface area contributed by atoms with Crippen LogP contribution in [0.25, 0.3) is 10.9 Å². The number of fused-ring (bicyclic) bond motifs is 1. The van der Waals surface area contributed by atoms with Gasteiger partial charge in [0.25, 0.3) is 5.91 Å². The van der Waals surface area contributed by atoms with Crippen LogP contribution >= 0.6 is 0 Å². The molecule has 0 unspecified atom stereocenters. The minimum atomic E-state index is -0.223. The van der Waals surface area contributed by atoms with E-state index in [-0.39, 0.29) is 5.91 Å². The van der Waals surface area contributed by atoms with Gasteiger partial charge >= 0.3 is 0 Å². The first-order chi connectivity index (χ1) is 13.3. The Morgan fingerprint density at radius 3 is 2.59 bits per heavy atom. The Bertz CT molecular complexity index is 1060. The SMILES string of the molecule is O=C(Nc1cccc2cccnc12)c1ccc(NCc2cccnc2)nc1. The summed E-state index contributed by atoms with van der Waals surface area (Å²) >= 11 is 0. The molecule has 0 aliphatic heterocycles. The molecule has 4 rings (SSSR count). The lowest BCUT2D eigenvalue weighted by Crippen LogP contribution is -2.13. The molecule has 0 fully saturated rings. The van der Waals surface area contributed by atoms with Crippen molar-refractivity contribution in [2.45, 2.75) is 6.54 Å². The first-order valence-electron chi connectivity index (χ1n) is 8.53. The van der Waals surface area contributed by atoms with E-state index in [1.54, 1.807) is 36.9 Å². The Labute approximate surface area is 156 Å². The number of benzene rings is 1. The van der Waals surface area contributed by atoms with E-state index in [4.69, 9.17) is 0 Å². The molecule has 0 spiro atoms. The maximum Gasteiger partial charge on any atom is 0.257 e. The standard InChI is InChI=1S/C21H17N5O/c27-21(26-18-7-1-5-16-6-3-11-23-20(16)18)17-8-9-19(25-14-17)24-13-15-4-2-10-22-12-15/h1-12,14H,13H2,(H,24,25)(H,26,27). The second-order valence-corrected chi connectivity index (χ2v) is 5.98. The van der Waals surface area contributed by atoms with Gasteiger partial charge in [-0.2, -0.15) is 0 Å². The number of anilines is 2. The summed E-state index contributed by atoms with van der Waals surface area (Å²) in [6, 6.07) is 16.9. The maximum atomic E-state index is 12.5. The lowest BCUT2D eigenvalue weighted by atomic mass is 10.2. The molecule has 0 bridgehead atoms. The second-order valence-electron chi connectivity index (χ2n) is 5.98. The minimum absolute atomic E-state index is 0.223. The zero-order valence-electron chi connectivity index (χ0n) is 14.5. The van der Waals surface area contributed by atoms with Crippen LogP contribution in [0.3, 0.4) is 0 Å². The van der Waals surface area contributed by atoms with Crippen LogP contribution in [0.1, 0.15) is 15.9 Å². The maximum absolute atomic E-state index is 12.5. The predicted octanol–water partition coefficient (Wildman–Crippen LogP) is 3.89. The minimum Gasteiger partial charge on any atom is -0.366 e. The topological polar surface area (TPSA) is 79.8 Å². The van der Waals surface area contributed by atoms with E-state index in [1.807, 2.05) is 42.5 Å². The van der Waals surface area contributed by atoms with Gasteiger partial charge in [0.2, 0.25) is 0 Å². The molecule has 4 aromatic rings. The number of nitrogens with one attached hydrogen (secondary N) is 2. The number of hydrogen-bond acceptors (Lipinski definition) is 5. The van der Waals surface area contributed by atoms with Crippen molar-refractivity contribution >= 4 is 28.3 Å². The summed E-state index contributed by atoms with van der Waals surface area (Å²) in [6.45, 7) is 0.619. The summed E-state index contributed by atoms with van der Waals surface area (Å²) in [4.78, 5) is 25.3. The Balaban J connectivity index is 1.44. The monoisotopic (exact) mass is 355 g/mol. The molecule has 6 nitrogen and oxygen atoms in total. The van der Waals surface area contributed by atoms with Crippen molar-refractivity contribution < 1.29 is 4.79 Å². The summed E-state index contributed by atoms with van der Waals surface area (Å²) in [5.41, 5.74) is 2.98. The van der Waals surface area contributed by atoms with Crippen molar-refractivity contribution in [1.29, 1.82) is 0 Å². The number of amides is 1. The van der Waals surface area contributed by atoms with Crippen molar-refractivity contribution in [2.75, 3.05) is 10.6 Å². The van der Waals surface area contributed by atoms with Crippen LogP contribution in [0.5, 0.6) is 0 Å². The van der Waals surface area contributed by atoms with E-state index in [0.717, 1.165) is 16.5 Å². The van der Waals surface area contributed by atoms with Crippen molar-refractivity contribution in [3.63, 3.8) is 0 Å². The molecule has 1 aromatic carbocycles. The largest absolute Gasteiger partial charge is 0.366 e. The van der Waals surface area contributed by atoms with E-state index >= 15 is 0 Å². The number of hydrogen-bond donors (Lipinski definition) is 2. The van der Waals surface area contributed by atoms with E-state index in [2.05, 4.69) is 25.6 Å². The molecule has 0 saturated carbocycles. The number of rotatable bonds is 5. The average Bonchev–Trinajstić information content (AvgIpc) is 2.74. The number of carbonyl (C=O) groups is 1. The summed E-state index contributed by atoms with van der Waals surface area (Å²) in [7, 11) is 0. The molecular weight excluding hydrogens is 338 g/mol. The van der Waals surface area contributed by atoms with Crippen molar-refractivity contribution in [2.24, 2.45) is 0 Å². The van der Waals surface area contributed by atoms with Crippen LogP contribution in [0.4, 0.5) is 11.5 Å². The molecule has 27 heavy (non-hydrogen) atoms. The molecule has 3 aromatic heterocycles. The second kappa shape index (κ2) is 7.61. The van der Waals surface area contributed by atoms with Crippen LogP contribution in [0, 0.1) is 0 Å². The van der Waals surface area contributed by atoms with Crippen LogP contribution in [0.15, 0.2) is 79.4 Å². The van der Waals surface area contributed by atoms with E-state index in [0.29, 0.717) is 23.6 Å². The van der Waals surface area contributed by atoms with Gasteiger partial charge in [0.15, 0.2) is 0 Å². The lowest BCUT2D eigenvalue weighted by molar-refractivity contribution is 0.102. The van der Waals surface area contributed by atoms with Gasteiger partial charge in [-0.05, 0) is 35.9 Å². The van der Waals surface area contributed by atoms with Gasteiger partial charge in [-0.3, -0.25) is 14.8 Å². The Morgan fingerprint density at radius 2 is 1.78 bits per heavy atom. The zero-order chi connectivity index (χ0) is 18.5. The third-order valence-corrected chi connectivity index (χ3v) is 4.10. The van der Waals surface area contributed by atoms with Crippen molar-refractivity contribution in [3.8, 4) is 0 Å². The van der Waals surface area contributed by atoms with Gasteiger partial charge in [-0.1, -0.05) is 24.3 Å². The van der Waals surface area contributed by atoms with E-state index in [9.17, 15) is 4.79 Å². The first-order valence-corrected chi connectivity index (χ1v) is 8.53. The molecule has 1 amide bonds. The van der Waals surface area contributed by atoms with Gasteiger partial charge in [-0.25, -0.2) is 4.98 Å². The highest BCUT2D eigenvalue weighted by molar-refractivity contribution is 6.08. The van der Waals surface area contributed by atoms with Crippen LogP contribution < -0.4 is 10.6 Å². The molecule has 0 aliphatic carbocycles. The highest BCUT2D eigenvalue weighted by Gasteiger charge is 2.09. The van der Waals surface area contributed by atoms with Crippen LogP contribution in [-0.2, 0) is 6.54 Å². The quantitative estimate of drug-likeness (QED) is 0.568. The third-order valence-electron chi connectivity index (χ3n) is 4.10. The molecule has 2 N–H and O–H groups in total. The van der Waals surface area contributed by atoms with Crippen molar-refractivity contribution in [3.05, 3.63) is 90.5 Å². The lowest BCUT2D eigenvalue weighted by Gasteiger charge is -2.09. The third kappa shape index (κ3) is 3.90. The average molecular weight is 355 g/mol. The molecule has 132 valence electrons. The number of pyridine rings is 3. The summed E-state index contributed by atoms with van der Waals surface area (Å²) in [5.74, 6) is 0.474. The molecule has 0 radical (unpaired) electrons. The van der Waals surface area contributed by atoms with Gasteiger partial charge in [0.05, 0.1) is 16.8 Å². The fourth-order valence-electron chi connectivity index (χ4n) is 2.73. The zero-order valence-corrected chi connectivity index (χ0v) is 14.5. The summed E-state index contributed by atoms with van der Waals surface area (Å²) < 4.78 is 0. The smallest absolute Gasteiger partial charge is 0.257 e. The Morgan fingerprint density at radius 1 is 0.889 bits per heavy atom. The van der Waals surface area contributed by atoms with Crippen LogP contribution in [0.2, 0.25) is 0 Å². The molecule has 0 atom stereocenters. The molecule has 0 aliphatic rings. The number of carbonyl (C=O) groups excluding carboxylic acids is 1. The molecular formula is C21H17N5O. The Kier molecular flexibility index (Phi) is 4.70. The van der Waals surface area contributed by atoms with E-state index < -0.39 is 0 Å². The van der Waals surface area contributed by atoms with Gasteiger partial charge in [-0.15, -0.1) is 0 Å². The highest BCUT2D eigenvalue weighted by Crippen LogP contribution is 2.21. The summed E-state index contributed by atoms with van der Waals surface area (Å²) in [6.07, 6.45) is 6.80. The molecule has 6 heteroatoms. The predicted molar refractivity (Wildman–Crippen MR) is 105 cm³/mol. The molecule has 0 saturated heterocycles. The number of nitrogens with zero attached hydrogens (tertiary/aromatic N) is 3. The summed E-state index contributed by atoms with van der Waals surface area (Å²) in [5, 5.41) is 7.09. The normalized spacial score (nSPS) is 10.5. The first kappa shape index (κ1) is 16.7. The van der Waals surface area contributed by atoms with Gasteiger partial charge in [0.1, 0.15) is 5.82 Å². The number of aromatic nitrogens is 3. The fraction of sp³-hybridized carbons (Fsp3) is 0.0476. The van der Waals surface area contributed by atoms with Gasteiger partial charge in [0, 0.05) is 36.7 Å². The Hall–Kier alpha value is -3.80. The van der Waals surface area contributed by atoms with E-state index in [1.165, 1.54) is 0 Å². The van der Waals surface area contributed by atoms with Gasteiger partial charge < -0.3 is 10.6 Å². The highest BCUT2D eigenvalue weighted by atomic mass is 16.1. The van der Waals surface area contributed by atoms with Crippen molar-refractivity contribution in [1.82, 2.24) is 15.0 Å². The molecule has 3 heterocycles. The number of para-hydroxylation sites is 1. The van der Waals surface area contributed by atoms with Crippen LogP contribution in [-0.4, -0.2) is 20.9 Å².